The van der Waals surface area contributed by atoms with E-state index in [0.29, 0.717) is 61.1 Å². The number of pyridine rings is 1. The summed E-state index contributed by atoms with van der Waals surface area (Å²) in [5, 5.41) is 12.3. The van der Waals surface area contributed by atoms with Gasteiger partial charge in [-0.25, -0.2) is 4.98 Å². The van der Waals surface area contributed by atoms with E-state index < -0.39 is 95.4 Å². The van der Waals surface area contributed by atoms with Gasteiger partial charge in [0.1, 0.15) is 11.6 Å². The minimum Gasteiger partial charge on any atom is -0.507 e. The molecule has 63 heavy (non-hydrogen) atoms. The molecular weight excluding hydrogens is 767 g/mol. The Morgan fingerprint density at radius 1 is 0.651 bits per heavy atom. The van der Waals surface area contributed by atoms with E-state index in [-0.39, 0.29) is 28.5 Å². The Labute approximate surface area is 396 Å². The number of rotatable bonds is 8. The number of phenols is 1. The number of aromatic hydroxyl groups is 1. The van der Waals surface area contributed by atoms with Crippen LogP contribution in [0.25, 0.3) is 72.7 Å². The Balaban J connectivity index is 1.45. The molecule has 2 aromatic heterocycles. The minimum absolute atomic E-state index is 0.0305. The third kappa shape index (κ3) is 8.61. The van der Waals surface area contributed by atoms with Crippen molar-refractivity contribution in [3.8, 4) is 67.5 Å². The Morgan fingerprint density at radius 2 is 1.37 bits per heavy atom. The summed E-state index contributed by atoms with van der Waals surface area (Å²) in [5.41, 5.74) is 4.58. The quantitative estimate of drug-likeness (QED) is 0.166. The van der Waals surface area contributed by atoms with Gasteiger partial charge >= 0.3 is 0 Å². The maximum Gasteiger partial charge on any atom is 0.149 e. The fourth-order valence-corrected chi connectivity index (χ4v) is 7.93. The van der Waals surface area contributed by atoms with Gasteiger partial charge in [0, 0.05) is 33.8 Å². The number of nitrogens with zero attached hydrogens (tertiary/aromatic N) is 3. The maximum atomic E-state index is 12.3. The molecule has 0 aliphatic rings. The Kier molecular flexibility index (Phi) is 7.43. The Morgan fingerprint density at radius 3 is 2.02 bits per heavy atom. The van der Waals surface area contributed by atoms with Crippen molar-refractivity contribution in [1.29, 1.82) is 0 Å². The van der Waals surface area contributed by atoms with Gasteiger partial charge in [0.15, 0.2) is 0 Å². The second-order valence-electron chi connectivity index (χ2n) is 18.9. The fourth-order valence-electron chi connectivity index (χ4n) is 7.93. The van der Waals surface area contributed by atoms with Crippen LogP contribution in [0.4, 0.5) is 0 Å². The lowest BCUT2D eigenvalue weighted by Crippen LogP contribution is -2.12. The SMILES string of the molecule is [2H]c1nc(-c2cc(-c3cccc4c3nc(-c3cc(C)cc(C(C)(C)C)c3O)n4-c3ccc(-c4cc(C([2H])(C)C)cc(C([2H])(C)C)c4)cc3C([2H])([2H])[2H])cc(C(C)(C)C)c2)c([2H])c(-c2c([2H])c([2H])c(C([2H])([2H])[2H])c([2H])c2[2H])c1[2H]. The fraction of sp³-hybridized carbons (Fsp3) is 0.288. The molecule has 0 atom stereocenters. The summed E-state index contributed by atoms with van der Waals surface area (Å²) in [5.74, 6) is -1.87. The lowest BCUT2D eigenvalue weighted by molar-refractivity contribution is 0.448. The number of hydrogen-bond donors (Lipinski definition) is 1. The molecule has 0 unspecified atom stereocenters. The van der Waals surface area contributed by atoms with E-state index in [1.54, 1.807) is 62.6 Å². The normalized spacial score (nSPS) is 16.4. The lowest BCUT2D eigenvalue weighted by Gasteiger charge is -2.23. The lowest BCUT2D eigenvalue weighted by atomic mass is 9.83. The monoisotopic (exact) mass is 845 g/mol. The van der Waals surface area contributed by atoms with Crippen LogP contribution >= 0.6 is 0 Å². The van der Waals surface area contributed by atoms with Crippen molar-refractivity contribution in [2.45, 2.75) is 112 Å². The summed E-state index contributed by atoms with van der Waals surface area (Å²) in [6, 6.07) is 20.9. The zero-order chi connectivity index (χ0) is 58.1. The number of fused-ring (bicyclic) bond motifs is 1. The number of aryl methyl sites for hydroxylation is 2. The molecule has 320 valence electrons. The molecule has 0 bridgehead atoms. The molecule has 0 amide bonds. The standard InChI is InChI=1S/C59H63N3O/c1-35(2)43-28-44(36(3)4)30-45(29-43)41-21-22-53(39(7)27-41)62-54-16-14-15-49(55(54)61-57(62)50-25-38(6)26-51(56(50)63)59(11,12)13)46-31-47(33-48(32-46)58(8,9)10)52-34-42(23-24-60-52)40-19-17-37(5)18-20-40/h14-36,63H,1-13H3/i5D3,7D3,17D,18D,19D,20D,23D,24D,34D,35D,36D. The second kappa shape index (κ2) is 16.5. The maximum absolute atomic E-state index is 12.3. The first-order valence-corrected chi connectivity index (χ1v) is 21.1. The van der Waals surface area contributed by atoms with E-state index in [9.17, 15) is 6.48 Å². The van der Waals surface area contributed by atoms with Crippen molar-refractivity contribution in [1.82, 2.24) is 14.5 Å². The van der Waals surface area contributed by atoms with Crippen molar-refractivity contribution in [3.05, 3.63) is 166 Å². The first-order valence-electron chi connectivity index (χ1n) is 28.6. The Hall–Kier alpha value is -6.26. The minimum atomic E-state index is -3.00. The summed E-state index contributed by atoms with van der Waals surface area (Å²) in [6.07, 6.45) is -0.627. The van der Waals surface area contributed by atoms with E-state index in [2.05, 4.69) is 4.98 Å². The van der Waals surface area contributed by atoms with Crippen LogP contribution in [-0.4, -0.2) is 19.6 Å². The third-order valence-corrected chi connectivity index (χ3v) is 11.5. The van der Waals surface area contributed by atoms with Crippen LogP contribution in [0, 0.1) is 20.6 Å². The molecule has 8 aromatic rings. The Bertz CT molecular complexity index is 3690. The number of hydrogen-bond acceptors (Lipinski definition) is 3. The van der Waals surface area contributed by atoms with Gasteiger partial charge in [-0.15, -0.1) is 0 Å². The molecule has 1 N–H and O–H groups in total. The van der Waals surface area contributed by atoms with Gasteiger partial charge in [0.05, 0.1) is 37.6 Å². The van der Waals surface area contributed by atoms with Crippen LogP contribution in [0.15, 0.2) is 127 Å². The number of aromatic nitrogens is 3. The number of benzene rings is 6. The molecule has 0 saturated carbocycles. The average molecular weight is 845 g/mol. The highest BCUT2D eigenvalue weighted by molar-refractivity contribution is 5.97. The molecule has 0 aliphatic carbocycles. The first-order chi connectivity index (χ1) is 35.7. The summed E-state index contributed by atoms with van der Waals surface area (Å²) in [6.45, 7) is 15.1. The molecule has 0 radical (unpaired) electrons. The zero-order valence-corrected chi connectivity index (χ0v) is 37.9. The van der Waals surface area contributed by atoms with E-state index in [1.165, 1.54) is 0 Å². The second-order valence-corrected chi connectivity index (χ2v) is 18.9. The molecule has 0 fully saturated rings. The number of phenolic OH excluding ortho intramolecular Hbond substituents is 1. The zero-order valence-electron chi connectivity index (χ0n) is 52.9. The highest BCUT2D eigenvalue weighted by atomic mass is 16.3. The highest BCUT2D eigenvalue weighted by Crippen LogP contribution is 2.44. The van der Waals surface area contributed by atoms with Crippen molar-refractivity contribution in [3.63, 3.8) is 0 Å². The van der Waals surface area contributed by atoms with Gasteiger partial charge in [0.25, 0.3) is 0 Å². The van der Waals surface area contributed by atoms with Gasteiger partial charge < -0.3 is 5.11 Å². The van der Waals surface area contributed by atoms with Crippen LogP contribution in [0.2, 0.25) is 0 Å². The van der Waals surface area contributed by atoms with E-state index in [0.717, 1.165) is 11.1 Å². The molecular formula is C59H63N3O. The molecule has 0 aliphatic heterocycles. The highest BCUT2D eigenvalue weighted by Gasteiger charge is 2.27. The van der Waals surface area contributed by atoms with Crippen molar-refractivity contribution >= 4 is 11.0 Å². The van der Waals surface area contributed by atoms with Gasteiger partial charge in [-0.05, 0) is 147 Å². The van der Waals surface area contributed by atoms with Crippen LogP contribution in [0.3, 0.4) is 0 Å². The summed E-state index contributed by atoms with van der Waals surface area (Å²) in [7, 11) is 0. The van der Waals surface area contributed by atoms with E-state index in [1.807, 2.05) is 103 Å². The van der Waals surface area contributed by atoms with Crippen LogP contribution < -0.4 is 0 Å². The molecule has 2 heterocycles. The smallest absolute Gasteiger partial charge is 0.149 e. The molecule has 6 aromatic carbocycles. The van der Waals surface area contributed by atoms with Gasteiger partial charge in [-0.3, -0.25) is 9.55 Å². The van der Waals surface area contributed by atoms with Crippen molar-refractivity contribution in [2.75, 3.05) is 0 Å². The topological polar surface area (TPSA) is 50.9 Å². The van der Waals surface area contributed by atoms with Gasteiger partial charge in [0.2, 0.25) is 0 Å². The van der Waals surface area contributed by atoms with Crippen molar-refractivity contribution < 1.29 is 25.7 Å². The average Bonchev–Trinajstić information content (AvgIpc) is 3.73. The van der Waals surface area contributed by atoms with Crippen molar-refractivity contribution in [2.24, 2.45) is 0 Å². The largest absolute Gasteiger partial charge is 0.507 e. The van der Waals surface area contributed by atoms with Crippen LogP contribution in [0.5, 0.6) is 5.75 Å². The summed E-state index contributed by atoms with van der Waals surface area (Å²) in [4.78, 5) is 9.76. The summed E-state index contributed by atoms with van der Waals surface area (Å²) < 4.78 is 133. The predicted molar refractivity (Wildman–Crippen MR) is 267 cm³/mol. The van der Waals surface area contributed by atoms with Gasteiger partial charge in [-0.2, -0.15) is 0 Å². The third-order valence-electron chi connectivity index (χ3n) is 11.5. The van der Waals surface area contributed by atoms with Crippen LogP contribution in [-0.2, 0) is 10.8 Å². The molecule has 0 saturated heterocycles. The number of para-hydroxylation sites is 1. The molecule has 8 rings (SSSR count). The molecule has 4 nitrogen and oxygen atoms in total. The molecule has 0 spiro atoms. The summed E-state index contributed by atoms with van der Waals surface area (Å²) >= 11 is 0. The van der Waals surface area contributed by atoms with E-state index >= 15 is 0 Å². The predicted octanol–water partition coefficient (Wildman–Crippen LogP) is 16.2. The number of imidazole rings is 1. The van der Waals surface area contributed by atoms with Gasteiger partial charge in [-0.1, -0.05) is 148 Å². The van der Waals surface area contributed by atoms with Crippen LogP contribution in [0.1, 0.15) is 141 Å². The first kappa shape index (κ1) is 28.4. The molecule has 4 heteroatoms. The van der Waals surface area contributed by atoms with E-state index in [4.69, 9.17) is 24.2 Å².